The number of rotatable bonds is 7. The Bertz CT molecular complexity index is 908. The summed E-state index contributed by atoms with van der Waals surface area (Å²) in [6.07, 6.45) is 0.714. The van der Waals surface area contributed by atoms with Crippen molar-refractivity contribution >= 4 is 17.6 Å². The molecular formula is C23H29N5O2. The number of amidine groups is 1. The van der Waals surface area contributed by atoms with Gasteiger partial charge in [-0.15, -0.1) is 0 Å². The summed E-state index contributed by atoms with van der Waals surface area (Å²) in [5.41, 5.74) is 9.41. The van der Waals surface area contributed by atoms with Gasteiger partial charge in [-0.05, 0) is 37.3 Å². The van der Waals surface area contributed by atoms with Crippen molar-refractivity contribution in [1.82, 2.24) is 16.0 Å². The lowest BCUT2D eigenvalue weighted by molar-refractivity contribution is -0.129. The first-order valence-electron chi connectivity index (χ1n) is 10.1. The molecule has 0 spiro atoms. The summed E-state index contributed by atoms with van der Waals surface area (Å²) >= 11 is 0. The van der Waals surface area contributed by atoms with E-state index >= 15 is 0 Å². The Morgan fingerprint density at radius 1 is 1.17 bits per heavy atom. The lowest BCUT2D eigenvalue weighted by Gasteiger charge is -2.17. The fourth-order valence-corrected chi connectivity index (χ4v) is 3.55. The zero-order valence-corrected chi connectivity index (χ0v) is 17.4. The first kappa shape index (κ1) is 21.5. The molecule has 2 aromatic carbocycles. The summed E-state index contributed by atoms with van der Waals surface area (Å²) < 4.78 is 0. The molecule has 7 heteroatoms. The fraction of sp³-hybridized carbons (Fsp3) is 0.348. The molecule has 30 heavy (non-hydrogen) atoms. The molecule has 0 aromatic heterocycles. The van der Waals surface area contributed by atoms with Crippen LogP contribution >= 0.6 is 0 Å². The molecule has 2 amide bonds. The minimum atomic E-state index is -0.630. The first-order chi connectivity index (χ1) is 14.3. The van der Waals surface area contributed by atoms with E-state index in [1.165, 1.54) is 11.1 Å². The number of hydrogen-bond donors (Lipinski definition) is 5. The first-order valence-corrected chi connectivity index (χ1v) is 10.1. The van der Waals surface area contributed by atoms with Gasteiger partial charge < -0.3 is 21.7 Å². The molecule has 0 aliphatic carbocycles. The van der Waals surface area contributed by atoms with Crippen LogP contribution in [0.5, 0.6) is 0 Å². The Morgan fingerprint density at radius 3 is 2.47 bits per heavy atom. The van der Waals surface area contributed by atoms with Crippen molar-refractivity contribution in [1.29, 1.82) is 5.41 Å². The highest BCUT2D eigenvalue weighted by Crippen LogP contribution is 2.26. The van der Waals surface area contributed by atoms with E-state index in [9.17, 15) is 9.59 Å². The third-order valence-corrected chi connectivity index (χ3v) is 5.48. The molecule has 0 radical (unpaired) electrons. The lowest BCUT2D eigenvalue weighted by Crippen LogP contribution is -2.49. The molecule has 3 atom stereocenters. The Morgan fingerprint density at radius 2 is 1.83 bits per heavy atom. The normalized spacial score (nSPS) is 19.1. The average Bonchev–Trinajstić information content (AvgIpc) is 3.23. The van der Waals surface area contributed by atoms with Crippen molar-refractivity contribution in [2.45, 2.75) is 44.8 Å². The van der Waals surface area contributed by atoms with Crippen LogP contribution in [0.4, 0.5) is 0 Å². The van der Waals surface area contributed by atoms with Crippen molar-refractivity contribution in [3.63, 3.8) is 0 Å². The standard InChI is InChI=1S/C23H29N5O2/c1-14-3-7-17(8-4-14)19-11-20(26-13-19)23(30)28-15(2)22(29)27-12-16-5-9-18(10-6-16)21(24)25/h3-10,15,19-20,26H,11-13H2,1-2H3,(H3,24,25)(H,27,29)(H,28,30)/t15-,19+,20+/m0/s1. The second-order valence-corrected chi connectivity index (χ2v) is 7.86. The minimum absolute atomic E-state index is 0.00654. The van der Waals surface area contributed by atoms with E-state index in [1.807, 2.05) is 12.1 Å². The van der Waals surface area contributed by atoms with Crippen LogP contribution in [0.25, 0.3) is 0 Å². The summed E-state index contributed by atoms with van der Waals surface area (Å²) in [5.74, 6) is -0.0966. The number of nitrogens with one attached hydrogen (secondary N) is 4. The molecule has 7 nitrogen and oxygen atoms in total. The second-order valence-electron chi connectivity index (χ2n) is 7.86. The van der Waals surface area contributed by atoms with Gasteiger partial charge in [0, 0.05) is 18.7 Å². The number of benzene rings is 2. The van der Waals surface area contributed by atoms with Crippen LogP contribution in [0, 0.1) is 12.3 Å². The van der Waals surface area contributed by atoms with Crippen molar-refractivity contribution in [2.75, 3.05) is 6.54 Å². The Balaban J connectivity index is 1.46. The van der Waals surface area contributed by atoms with Crippen LogP contribution in [0.15, 0.2) is 48.5 Å². The van der Waals surface area contributed by atoms with Gasteiger partial charge in [0.1, 0.15) is 11.9 Å². The van der Waals surface area contributed by atoms with Crippen LogP contribution < -0.4 is 21.7 Å². The predicted octanol–water partition coefficient (Wildman–Crippen LogP) is 1.55. The third kappa shape index (κ3) is 5.45. The van der Waals surface area contributed by atoms with Gasteiger partial charge in [0.05, 0.1) is 6.04 Å². The monoisotopic (exact) mass is 407 g/mol. The van der Waals surface area contributed by atoms with E-state index in [2.05, 4.69) is 47.1 Å². The molecule has 3 rings (SSSR count). The lowest BCUT2D eigenvalue weighted by atomic mass is 9.95. The minimum Gasteiger partial charge on any atom is -0.384 e. The number of amides is 2. The average molecular weight is 408 g/mol. The van der Waals surface area contributed by atoms with Crippen LogP contribution in [0.1, 0.15) is 41.5 Å². The number of nitrogens with two attached hydrogens (primary N) is 1. The van der Waals surface area contributed by atoms with Crippen molar-refractivity contribution in [2.24, 2.45) is 5.73 Å². The third-order valence-electron chi connectivity index (χ3n) is 5.48. The van der Waals surface area contributed by atoms with E-state index < -0.39 is 6.04 Å². The highest BCUT2D eigenvalue weighted by atomic mass is 16.2. The summed E-state index contributed by atoms with van der Waals surface area (Å²) in [7, 11) is 0. The van der Waals surface area contributed by atoms with Crippen LogP contribution in [-0.4, -0.2) is 36.3 Å². The van der Waals surface area contributed by atoms with Crippen LogP contribution in [-0.2, 0) is 16.1 Å². The summed E-state index contributed by atoms with van der Waals surface area (Å²) in [5, 5.41) is 16.3. The maximum atomic E-state index is 12.6. The fourth-order valence-electron chi connectivity index (χ4n) is 3.55. The molecule has 0 bridgehead atoms. The van der Waals surface area contributed by atoms with Gasteiger partial charge in [0.15, 0.2) is 0 Å². The molecule has 0 saturated carbocycles. The zero-order chi connectivity index (χ0) is 21.7. The summed E-state index contributed by atoms with van der Waals surface area (Å²) in [6.45, 7) is 4.82. The molecule has 6 N–H and O–H groups in total. The second kappa shape index (κ2) is 9.54. The van der Waals surface area contributed by atoms with Gasteiger partial charge >= 0.3 is 0 Å². The maximum Gasteiger partial charge on any atom is 0.242 e. The number of carbonyl (C=O) groups excluding carboxylic acids is 2. The summed E-state index contributed by atoms with van der Waals surface area (Å²) in [6, 6.07) is 14.6. The highest BCUT2D eigenvalue weighted by molar-refractivity contribution is 5.95. The topological polar surface area (TPSA) is 120 Å². The predicted molar refractivity (Wildman–Crippen MR) is 117 cm³/mol. The molecule has 158 valence electrons. The van der Waals surface area contributed by atoms with Gasteiger partial charge in [-0.1, -0.05) is 54.1 Å². The van der Waals surface area contributed by atoms with E-state index in [4.69, 9.17) is 11.1 Å². The van der Waals surface area contributed by atoms with Crippen LogP contribution in [0.3, 0.4) is 0 Å². The molecule has 0 unspecified atom stereocenters. The Kier molecular flexibility index (Phi) is 6.84. The summed E-state index contributed by atoms with van der Waals surface area (Å²) in [4.78, 5) is 24.9. The SMILES string of the molecule is Cc1ccc([C@H]2CN[C@@H](C(=O)N[C@@H](C)C(=O)NCc3ccc(C(=N)N)cc3)C2)cc1. The van der Waals surface area contributed by atoms with Gasteiger partial charge in [-0.3, -0.25) is 15.0 Å². The maximum absolute atomic E-state index is 12.6. The van der Waals surface area contributed by atoms with E-state index in [0.29, 0.717) is 24.4 Å². The van der Waals surface area contributed by atoms with Crippen molar-refractivity contribution in [3.8, 4) is 0 Å². The molecule has 1 heterocycles. The van der Waals surface area contributed by atoms with Gasteiger partial charge in [0.25, 0.3) is 0 Å². The van der Waals surface area contributed by atoms with Gasteiger partial charge in [-0.2, -0.15) is 0 Å². The van der Waals surface area contributed by atoms with Gasteiger partial charge in [0.2, 0.25) is 11.8 Å². The van der Waals surface area contributed by atoms with E-state index in [-0.39, 0.29) is 23.7 Å². The number of aryl methyl sites for hydroxylation is 1. The number of hydrogen-bond acceptors (Lipinski definition) is 4. The number of carbonyl (C=O) groups is 2. The smallest absolute Gasteiger partial charge is 0.242 e. The Labute approximate surface area is 176 Å². The van der Waals surface area contributed by atoms with E-state index in [0.717, 1.165) is 12.1 Å². The Hall–Kier alpha value is -3.19. The molecular weight excluding hydrogens is 378 g/mol. The zero-order valence-electron chi connectivity index (χ0n) is 17.4. The molecule has 1 fully saturated rings. The molecule has 1 aliphatic heterocycles. The van der Waals surface area contributed by atoms with Gasteiger partial charge in [-0.25, -0.2) is 0 Å². The van der Waals surface area contributed by atoms with E-state index in [1.54, 1.807) is 19.1 Å². The quantitative estimate of drug-likeness (QED) is 0.353. The van der Waals surface area contributed by atoms with Crippen molar-refractivity contribution < 1.29 is 9.59 Å². The van der Waals surface area contributed by atoms with Crippen molar-refractivity contribution in [3.05, 3.63) is 70.8 Å². The number of nitrogen functional groups attached to an aromatic ring is 1. The highest BCUT2D eigenvalue weighted by Gasteiger charge is 2.31. The molecule has 1 saturated heterocycles. The largest absolute Gasteiger partial charge is 0.384 e. The molecule has 2 aromatic rings. The molecule has 1 aliphatic rings. The van der Waals surface area contributed by atoms with Crippen LogP contribution in [0.2, 0.25) is 0 Å².